The van der Waals surface area contributed by atoms with E-state index in [1.54, 1.807) is 13.2 Å². The van der Waals surface area contributed by atoms with Gasteiger partial charge in [-0.1, -0.05) is 11.6 Å². The lowest BCUT2D eigenvalue weighted by Crippen LogP contribution is -2.42. The van der Waals surface area contributed by atoms with Gasteiger partial charge in [0.05, 0.1) is 17.6 Å². The lowest BCUT2D eigenvalue weighted by Gasteiger charge is -2.41. The molecule has 3 heterocycles. The lowest BCUT2D eigenvalue weighted by molar-refractivity contribution is 0.0298. The van der Waals surface area contributed by atoms with E-state index in [1.165, 1.54) is 11.8 Å². The molecule has 1 aliphatic heterocycles. The van der Waals surface area contributed by atoms with E-state index < -0.39 is 6.17 Å². The Kier molecular flexibility index (Phi) is 8.93. The summed E-state index contributed by atoms with van der Waals surface area (Å²) >= 11 is 6.40. The third-order valence-corrected chi connectivity index (χ3v) is 7.80. The van der Waals surface area contributed by atoms with Gasteiger partial charge in [-0.3, -0.25) is 9.97 Å². The highest BCUT2D eigenvalue weighted by Gasteiger charge is 2.35. The monoisotopic (exact) mass is 499 g/mol. The summed E-state index contributed by atoms with van der Waals surface area (Å²) in [4.78, 5) is 10.9. The van der Waals surface area contributed by atoms with Crippen LogP contribution >= 0.6 is 11.6 Å². The number of fused-ring (bicyclic) bond motifs is 1. The number of aliphatic hydroxyl groups excluding tert-OH is 1. The molecule has 1 atom stereocenters. The van der Waals surface area contributed by atoms with E-state index >= 15 is 4.39 Å². The third-order valence-electron chi connectivity index (χ3n) is 7.50. The Morgan fingerprint density at radius 2 is 1.94 bits per heavy atom. The first kappa shape index (κ1) is 25.8. The molecule has 2 aromatic heterocycles. The summed E-state index contributed by atoms with van der Waals surface area (Å²) in [6.45, 7) is 3.05. The molecule has 0 spiro atoms. The predicted molar refractivity (Wildman–Crippen MR) is 139 cm³/mol. The fraction of sp³-hybridized carbons (Fsp3) is 0.500. The van der Waals surface area contributed by atoms with Gasteiger partial charge in [0.2, 0.25) is 0 Å². The van der Waals surface area contributed by atoms with Crippen molar-refractivity contribution in [3.63, 3.8) is 0 Å². The molecular formula is C28H35ClFN3O2. The van der Waals surface area contributed by atoms with Crippen LogP contribution in [0, 0.1) is 5.41 Å². The van der Waals surface area contributed by atoms with E-state index in [2.05, 4.69) is 27.0 Å². The van der Waals surface area contributed by atoms with E-state index in [0.717, 1.165) is 51.7 Å². The molecule has 0 bridgehead atoms. The van der Waals surface area contributed by atoms with Crippen molar-refractivity contribution < 1.29 is 14.2 Å². The van der Waals surface area contributed by atoms with Gasteiger partial charge in [-0.2, -0.15) is 0 Å². The number of unbranched alkanes of at least 4 members (excludes halogenated alkanes) is 1. The normalized spacial score (nSPS) is 16.9. The van der Waals surface area contributed by atoms with Crippen LogP contribution in [0.4, 0.5) is 4.39 Å². The molecule has 1 saturated heterocycles. The summed E-state index contributed by atoms with van der Waals surface area (Å²) in [5.41, 5.74) is 2.27. The highest BCUT2D eigenvalue weighted by molar-refractivity contribution is 6.32. The number of aliphatic hydroxyl groups is 1. The number of nitrogens with zero attached hydrogens (tertiary/aromatic N) is 3. The van der Waals surface area contributed by atoms with Gasteiger partial charge < -0.3 is 14.7 Å². The number of likely N-dealkylation sites (tertiary alicyclic amines) is 1. The van der Waals surface area contributed by atoms with Crippen LogP contribution in [0.15, 0.2) is 48.9 Å². The Balaban J connectivity index is 1.30. The number of hydrogen-bond donors (Lipinski definition) is 1. The van der Waals surface area contributed by atoms with Crippen molar-refractivity contribution in [2.75, 3.05) is 33.4 Å². The minimum atomic E-state index is -1.23. The summed E-state index contributed by atoms with van der Waals surface area (Å²) in [7, 11) is 1.59. The van der Waals surface area contributed by atoms with E-state index in [0.29, 0.717) is 40.1 Å². The van der Waals surface area contributed by atoms with Gasteiger partial charge in [0.15, 0.2) is 0 Å². The van der Waals surface area contributed by atoms with E-state index in [-0.39, 0.29) is 12.0 Å². The van der Waals surface area contributed by atoms with Gasteiger partial charge in [-0.15, -0.1) is 0 Å². The number of hydrogen-bond acceptors (Lipinski definition) is 5. The number of ether oxygens (including phenoxy) is 1. The molecule has 5 nitrogen and oxygen atoms in total. The number of rotatable bonds is 11. The zero-order chi connectivity index (χ0) is 24.7. The van der Waals surface area contributed by atoms with E-state index in [4.69, 9.17) is 16.3 Å². The summed E-state index contributed by atoms with van der Waals surface area (Å²) in [5, 5.41) is 11.3. The van der Waals surface area contributed by atoms with Crippen LogP contribution in [-0.2, 0) is 6.42 Å². The molecule has 0 radical (unpaired) electrons. The Morgan fingerprint density at radius 3 is 2.66 bits per heavy atom. The maximum Gasteiger partial charge on any atom is 0.127 e. The number of methoxy groups -OCH3 is 1. The first-order chi connectivity index (χ1) is 17.0. The first-order valence-electron chi connectivity index (χ1n) is 12.5. The molecular weight excluding hydrogens is 465 g/mol. The number of pyridine rings is 2. The number of aryl methyl sites for hydroxylation is 1. The number of halogens is 2. The van der Waals surface area contributed by atoms with Gasteiger partial charge in [0, 0.05) is 36.1 Å². The molecule has 7 heteroatoms. The first-order valence-corrected chi connectivity index (χ1v) is 12.9. The van der Waals surface area contributed by atoms with Crippen molar-refractivity contribution in [1.82, 2.24) is 14.9 Å². The van der Waals surface area contributed by atoms with Crippen LogP contribution < -0.4 is 4.74 Å². The maximum absolute atomic E-state index is 15.6. The maximum atomic E-state index is 15.6. The number of benzene rings is 1. The highest BCUT2D eigenvalue weighted by atomic mass is 35.5. The molecule has 1 unspecified atom stereocenters. The largest absolute Gasteiger partial charge is 0.497 e. The van der Waals surface area contributed by atoms with Gasteiger partial charge in [-0.25, -0.2) is 4.39 Å². The molecule has 4 rings (SSSR count). The van der Waals surface area contributed by atoms with Crippen molar-refractivity contribution in [1.29, 1.82) is 0 Å². The summed E-state index contributed by atoms with van der Waals surface area (Å²) in [6, 6.07) is 9.59. The molecule has 0 saturated carbocycles. The molecule has 0 aliphatic carbocycles. The van der Waals surface area contributed by atoms with E-state index in [1.807, 2.05) is 24.5 Å². The molecule has 188 valence electrons. The Morgan fingerprint density at radius 1 is 1.17 bits per heavy atom. The second-order valence-corrected chi connectivity index (χ2v) is 10.1. The Hall–Kier alpha value is -2.28. The second-order valence-electron chi connectivity index (χ2n) is 9.72. The van der Waals surface area contributed by atoms with Crippen molar-refractivity contribution >= 4 is 22.5 Å². The van der Waals surface area contributed by atoms with Crippen LogP contribution in [0.3, 0.4) is 0 Å². The fourth-order valence-corrected chi connectivity index (χ4v) is 5.41. The molecule has 35 heavy (non-hydrogen) atoms. The molecule has 1 aromatic carbocycles. The van der Waals surface area contributed by atoms with Crippen molar-refractivity contribution in [3.8, 4) is 5.75 Å². The molecule has 1 N–H and O–H groups in total. The van der Waals surface area contributed by atoms with Gasteiger partial charge >= 0.3 is 0 Å². The van der Waals surface area contributed by atoms with Crippen molar-refractivity contribution in [3.05, 3.63) is 65.1 Å². The van der Waals surface area contributed by atoms with Gasteiger partial charge in [0.25, 0.3) is 0 Å². The molecule has 1 fully saturated rings. The SMILES string of the molecule is COc1ccc2ncc(Cl)c(C(F)CCC3(CO)CCN(CCCCc4ccncc4)CC3)c2c1. The fourth-order valence-electron chi connectivity index (χ4n) is 5.14. The lowest BCUT2D eigenvalue weighted by atomic mass is 9.74. The standard InChI is InChI=1S/C28H35ClFN3O2/c1-35-22-5-6-26-23(18-22)27(24(29)19-32-26)25(30)7-10-28(20-34)11-16-33(17-12-28)15-3-2-4-21-8-13-31-14-9-21/h5-6,8-9,13-14,18-19,25,34H,2-4,7,10-12,15-17,20H2,1H3. The summed E-state index contributed by atoms with van der Waals surface area (Å²) < 4.78 is 20.9. The van der Waals surface area contributed by atoms with Crippen LogP contribution in [0.25, 0.3) is 10.9 Å². The molecule has 1 aliphatic rings. The van der Waals surface area contributed by atoms with Crippen LogP contribution in [0.1, 0.15) is 55.8 Å². The number of aromatic nitrogens is 2. The van der Waals surface area contributed by atoms with Crippen molar-refractivity contribution in [2.45, 2.75) is 51.1 Å². The van der Waals surface area contributed by atoms with Gasteiger partial charge in [-0.05, 0) is 106 Å². The quantitative estimate of drug-likeness (QED) is 0.319. The molecule has 3 aromatic rings. The number of alkyl halides is 1. The van der Waals surface area contributed by atoms with Crippen LogP contribution in [0.5, 0.6) is 5.75 Å². The molecule has 0 amide bonds. The Bertz CT molecular complexity index is 1090. The summed E-state index contributed by atoms with van der Waals surface area (Å²) in [5.74, 6) is 0.648. The van der Waals surface area contributed by atoms with Crippen LogP contribution in [0.2, 0.25) is 5.02 Å². The van der Waals surface area contributed by atoms with Crippen molar-refractivity contribution in [2.24, 2.45) is 5.41 Å². The smallest absolute Gasteiger partial charge is 0.127 e. The van der Waals surface area contributed by atoms with Gasteiger partial charge in [0.1, 0.15) is 11.9 Å². The van der Waals surface area contributed by atoms with E-state index in [9.17, 15) is 5.11 Å². The van der Waals surface area contributed by atoms with Crippen LogP contribution in [-0.4, -0.2) is 53.3 Å². The average molecular weight is 500 g/mol. The average Bonchev–Trinajstić information content (AvgIpc) is 2.90. The highest BCUT2D eigenvalue weighted by Crippen LogP contribution is 2.41. The zero-order valence-electron chi connectivity index (χ0n) is 20.4. The third kappa shape index (κ3) is 6.49. The Labute approximate surface area is 212 Å². The topological polar surface area (TPSA) is 58.5 Å². The second kappa shape index (κ2) is 12.1. The zero-order valence-corrected chi connectivity index (χ0v) is 21.2. The minimum Gasteiger partial charge on any atom is -0.497 e. The number of piperidine rings is 1. The predicted octanol–water partition coefficient (Wildman–Crippen LogP) is 6.18. The minimum absolute atomic E-state index is 0.0915. The summed E-state index contributed by atoms with van der Waals surface area (Å²) in [6.07, 6.45) is 10.1.